The maximum Gasteiger partial charge on any atom is 0.263 e. The van der Waals surface area contributed by atoms with Crippen molar-refractivity contribution in [2.75, 3.05) is 0 Å². The molecule has 0 spiro atoms. The Labute approximate surface area is 135 Å². The molecule has 22 heavy (non-hydrogen) atoms. The van der Waals surface area contributed by atoms with Crippen molar-refractivity contribution in [2.24, 2.45) is 0 Å². The van der Waals surface area contributed by atoms with Crippen molar-refractivity contribution in [1.29, 1.82) is 0 Å². The van der Waals surface area contributed by atoms with Crippen LogP contribution in [0.1, 0.15) is 57.6 Å². The predicted molar refractivity (Wildman–Crippen MR) is 89.4 cm³/mol. The lowest BCUT2D eigenvalue weighted by molar-refractivity contribution is 0.0954. The van der Waals surface area contributed by atoms with Gasteiger partial charge >= 0.3 is 0 Å². The van der Waals surface area contributed by atoms with E-state index in [1.807, 2.05) is 18.5 Å². The van der Waals surface area contributed by atoms with E-state index in [1.165, 1.54) is 11.3 Å². The van der Waals surface area contributed by atoms with Crippen molar-refractivity contribution < 1.29 is 4.79 Å². The summed E-state index contributed by atoms with van der Waals surface area (Å²) in [6.45, 7) is 11.6. The molecule has 2 aromatic rings. The molecule has 0 aromatic carbocycles. The molecule has 1 amide bonds. The van der Waals surface area contributed by atoms with Crippen LogP contribution in [-0.2, 0) is 19.5 Å². The number of nitrogens with zero attached hydrogens (tertiary/aromatic N) is 3. The van der Waals surface area contributed by atoms with Gasteiger partial charge in [-0.25, -0.2) is 4.98 Å². The van der Waals surface area contributed by atoms with Gasteiger partial charge in [-0.15, -0.1) is 11.3 Å². The molecule has 0 aliphatic carbocycles. The standard InChI is InChI=1S/C16H24N4OS/c1-6-8-20-12(5)13(10(3)19-20)9-17-16(21)15-11(4)18-14(7-2)22-15/h6-9H2,1-5H3,(H,17,21). The number of hydrogen-bond acceptors (Lipinski definition) is 4. The Hall–Kier alpha value is -1.69. The molecular weight excluding hydrogens is 296 g/mol. The molecule has 1 N–H and O–H groups in total. The summed E-state index contributed by atoms with van der Waals surface area (Å²) in [5.74, 6) is -0.0447. The Bertz CT molecular complexity index is 672. The SMILES string of the molecule is CCCn1nc(C)c(CNC(=O)c2sc(CC)nc2C)c1C. The van der Waals surface area contributed by atoms with Crippen LogP contribution < -0.4 is 5.32 Å². The molecule has 0 bridgehead atoms. The van der Waals surface area contributed by atoms with E-state index in [-0.39, 0.29) is 5.91 Å². The lowest BCUT2D eigenvalue weighted by Crippen LogP contribution is -2.23. The Morgan fingerprint density at radius 3 is 2.55 bits per heavy atom. The van der Waals surface area contributed by atoms with Crippen molar-refractivity contribution >= 4 is 17.2 Å². The van der Waals surface area contributed by atoms with E-state index in [0.29, 0.717) is 11.4 Å². The van der Waals surface area contributed by atoms with Gasteiger partial charge in [-0.05, 0) is 33.6 Å². The largest absolute Gasteiger partial charge is 0.347 e. The maximum absolute atomic E-state index is 12.4. The lowest BCUT2D eigenvalue weighted by Gasteiger charge is -2.06. The fourth-order valence-electron chi connectivity index (χ4n) is 2.48. The molecule has 0 saturated heterocycles. The minimum absolute atomic E-state index is 0.0447. The zero-order chi connectivity index (χ0) is 16.3. The topological polar surface area (TPSA) is 59.8 Å². The van der Waals surface area contributed by atoms with Crippen LogP contribution in [-0.4, -0.2) is 20.7 Å². The molecule has 0 atom stereocenters. The van der Waals surface area contributed by atoms with Crippen LogP contribution in [0.2, 0.25) is 0 Å². The first-order chi connectivity index (χ1) is 10.5. The summed E-state index contributed by atoms with van der Waals surface area (Å²) in [5.41, 5.74) is 4.05. The first kappa shape index (κ1) is 16.7. The van der Waals surface area contributed by atoms with Crippen LogP contribution in [0.15, 0.2) is 0 Å². The molecule has 2 heterocycles. The van der Waals surface area contributed by atoms with Gasteiger partial charge in [-0.2, -0.15) is 5.10 Å². The summed E-state index contributed by atoms with van der Waals surface area (Å²) in [7, 11) is 0. The van der Waals surface area contributed by atoms with Crippen molar-refractivity contribution in [3.8, 4) is 0 Å². The predicted octanol–water partition coefficient (Wildman–Crippen LogP) is 3.17. The minimum Gasteiger partial charge on any atom is -0.347 e. The fraction of sp³-hybridized carbons (Fsp3) is 0.562. The van der Waals surface area contributed by atoms with Gasteiger partial charge in [0.2, 0.25) is 0 Å². The third-order valence-corrected chi connectivity index (χ3v) is 5.04. The highest BCUT2D eigenvalue weighted by Gasteiger charge is 2.16. The molecule has 0 aliphatic heterocycles. The Balaban J connectivity index is 2.09. The molecule has 0 aliphatic rings. The molecular formula is C16H24N4OS. The number of thiazole rings is 1. The molecule has 2 aromatic heterocycles. The quantitative estimate of drug-likeness (QED) is 0.889. The first-order valence-corrected chi connectivity index (χ1v) is 8.56. The highest BCUT2D eigenvalue weighted by molar-refractivity contribution is 7.13. The van der Waals surface area contributed by atoms with Gasteiger partial charge in [0.05, 0.1) is 16.4 Å². The summed E-state index contributed by atoms with van der Waals surface area (Å²) in [5, 5.41) is 8.56. The van der Waals surface area contributed by atoms with E-state index in [2.05, 4.69) is 36.2 Å². The number of aromatic nitrogens is 3. The molecule has 0 saturated carbocycles. The average Bonchev–Trinajstić information content (AvgIpc) is 2.99. The van der Waals surface area contributed by atoms with Crippen molar-refractivity contribution in [2.45, 2.75) is 60.5 Å². The van der Waals surface area contributed by atoms with Crippen LogP contribution in [0.3, 0.4) is 0 Å². The van der Waals surface area contributed by atoms with Crippen molar-refractivity contribution in [3.63, 3.8) is 0 Å². The zero-order valence-electron chi connectivity index (χ0n) is 14.0. The smallest absolute Gasteiger partial charge is 0.263 e. The Kier molecular flexibility index (Phi) is 5.34. The highest BCUT2D eigenvalue weighted by atomic mass is 32.1. The molecule has 2 rings (SSSR count). The van der Waals surface area contributed by atoms with Gasteiger partial charge in [0.15, 0.2) is 0 Å². The number of carbonyl (C=O) groups is 1. The summed E-state index contributed by atoms with van der Waals surface area (Å²) < 4.78 is 2.02. The van der Waals surface area contributed by atoms with E-state index in [9.17, 15) is 4.79 Å². The van der Waals surface area contributed by atoms with E-state index in [0.717, 1.165) is 47.0 Å². The van der Waals surface area contributed by atoms with Gasteiger partial charge in [-0.1, -0.05) is 13.8 Å². The van der Waals surface area contributed by atoms with Gasteiger partial charge in [0.25, 0.3) is 5.91 Å². The number of rotatable bonds is 6. The summed E-state index contributed by atoms with van der Waals surface area (Å²) in [6.07, 6.45) is 1.91. The molecule has 6 heteroatoms. The first-order valence-electron chi connectivity index (χ1n) is 7.75. The molecule has 0 unspecified atom stereocenters. The van der Waals surface area contributed by atoms with E-state index < -0.39 is 0 Å². The Morgan fingerprint density at radius 2 is 1.95 bits per heavy atom. The third kappa shape index (κ3) is 3.38. The average molecular weight is 320 g/mol. The van der Waals surface area contributed by atoms with Gasteiger partial charge < -0.3 is 5.32 Å². The summed E-state index contributed by atoms with van der Waals surface area (Å²) in [6, 6.07) is 0. The van der Waals surface area contributed by atoms with Crippen LogP contribution in [0.4, 0.5) is 0 Å². The van der Waals surface area contributed by atoms with Crippen LogP contribution in [0.5, 0.6) is 0 Å². The fourth-order valence-corrected chi connectivity index (χ4v) is 3.40. The van der Waals surface area contributed by atoms with E-state index >= 15 is 0 Å². The van der Waals surface area contributed by atoms with Crippen LogP contribution in [0.25, 0.3) is 0 Å². The second-order valence-electron chi connectivity index (χ2n) is 5.43. The summed E-state index contributed by atoms with van der Waals surface area (Å²) >= 11 is 1.48. The second kappa shape index (κ2) is 7.05. The number of aryl methyl sites for hydroxylation is 4. The lowest BCUT2D eigenvalue weighted by atomic mass is 10.2. The highest BCUT2D eigenvalue weighted by Crippen LogP contribution is 2.19. The number of hydrogen-bond donors (Lipinski definition) is 1. The summed E-state index contributed by atoms with van der Waals surface area (Å²) in [4.78, 5) is 17.5. The molecule has 0 radical (unpaired) electrons. The van der Waals surface area contributed by atoms with Gasteiger partial charge in [0, 0.05) is 24.3 Å². The number of nitrogens with one attached hydrogen (secondary N) is 1. The maximum atomic E-state index is 12.4. The minimum atomic E-state index is -0.0447. The molecule has 5 nitrogen and oxygen atoms in total. The normalized spacial score (nSPS) is 11.0. The zero-order valence-corrected chi connectivity index (χ0v) is 14.8. The molecule has 0 fully saturated rings. The molecule has 120 valence electrons. The number of amides is 1. The van der Waals surface area contributed by atoms with E-state index in [1.54, 1.807) is 0 Å². The number of carbonyl (C=O) groups excluding carboxylic acids is 1. The third-order valence-electron chi connectivity index (χ3n) is 3.74. The van der Waals surface area contributed by atoms with Crippen LogP contribution >= 0.6 is 11.3 Å². The van der Waals surface area contributed by atoms with E-state index in [4.69, 9.17) is 0 Å². The monoisotopic (exact) mass is 320 g/mol. The Morgan fingerprint density at radius 1 is 1.23 bits per heavy atom. The van der Waals surface area contributed by atoms with Gasteiger partial charge in [-0.3, -0.25) is 9.48 Å². The second-order valence-corrected chi connectivity index (χ2v) is 6.51. The van der Waals surface area contributed by atoms with Crippen LogP contribution in [0, 0.1) is 20.8 Å². The van der Waals surface area contributed by atoms with Crippen molar-refractivity contribution in [1.82, 2.24) is 20.1 Å². The van der Waals surface area contributed by atoms with Gasteiger partial charge in [0.1, 0.15) is 4.88 Å². The van der Waals surface area contributed by atoms with Crippen molar-refractivity contribution in [3.05, 3.63) is 32.5 Å².